The molecule has 0 saturated carbocycles. The summed E-state index contributed by atoms with van der Waals surface area (Å²) in [7, 11) is 3.45. The fourth-order valence-corrected chi connectivity index (χ4v) is 3.76. The average molecular weight is 415 g/mol. The molecule has 8 nitrogen and oxygen atoms in total. The summed E-state index contributed by atoms with van der Waals surface area (Å²) in [5, 5.41) is 3.68. The Labute approximate surface area is 176 Å². The highest BCUT2D eigenvalue weighted by Gasteiger charge is 2.18. The summed E-state index contributed by atoms with van der Waals surface area (Å²) in [6.45, 7) is 1.75. The molecule has 4 aromatic heterocycles. The maximum absolute atomic E-state index is 13.6. The minimum Gasteiger partial charge on any atom is -0.357 e. The Bertz CT molecular complexity index is 1520. The summed E-state index contributed by atoms with van der Waals surface area (Å²) >= 11 is 0. The normalized spacial score (nSPS) is 11.4. The predicted octanol–water partition coefficient (Wildman–Crippen LogP) is 3.22. The second-order valence-electron chi connectivity index (χ2n) is 7.24. The number of benzene rings is 1. The van der Waals surface area contributed by atoms with Crippen LogP contribution >= 0.6 is 0 Å². The van der Waals surface area contributed by atoms with Gasteiger partial charge in [-0.3, -0.25) is 14.1 Å². The molecule has 0 radical (unpaired) electrons. The molecular formula is C22H18FN7O. The second kappa shape index (κ2) is 6.98. The van der Waals surface area contributed by atoms with Gasteiger partial charge in [0.2, 0.25) is 11.9 Å². The van der Waals surface area contributed by atoms with E-state index in [1.54, 1.807) is 44.2 Å². The van der Waals surface area contributed by atoms with Gasteiger partial charge in [-0.2, -0.15) is 4.39 Å². The van der Waals surface area contributed by atoms with Gasteiger partial charge in [0.1, 0.15) is 0 Å². The highest BCUT2D eigenvalue weighted by Crippen LogP contribution is 2.30. The van der Waals surface area contributed by atoms with E-state index in [4.69, 9.17) is 0 Å². The Hall–Kier alpha value is -4.14. The van der Waals surface area contributed by atoms with Crippen molar-refractivity contribution in [3.8, 4) is 16.8 Å². The van der Waals surface area contributed by atoms with Crippen LogP contribution in [0.3, 0.4) is 0 Å². The van der Waals surface area contributed by atoms with Gasteiger partial charge < -0.3 is 5.32 Å². The molecule has 0 spiro atoms. The Morgan fingerprint density at radius 1 is 0.968 bits per heavy atom. The first kappa shape index (κ1) is 18.9. The molecule has 4 heterocycles. The van der Waals surface area contributed by atoms with Gasteiger partial charge in [0.25, 0.3) is 0 Å². The largest absolute Gasteiger partial charge is 0.357 e. The first-order chi connectivity index (χ1) is 15.0. The maximum Gasteiger partial charge on any atom is 0.333 e. The van der Waals surface area contributed by atoms with Gasteiger partial charge in [-0.15, -0.1) is 0 Å². The van der Waals surface area contributed by atoms with Crippen molar-refractivity contribution in [1.82, 2.24) is 29.1 Å². The van der Waals surface area contributed by atoms with Crippen molar-refractivity contribution in [2.45, 2.75) is 6.92 Å². The molecule has 0 fully saturated rings. The number of nitrogens with one attached hydrogen (secondary N) is 1. The molecule has 1 N–H and O–H groups in total. The van der Waals surface area contributed by atoms with Gasteiger partial charge in [-0.25, -0.2) is 19.7 Å². The minimum atomic E-state index is -0.589. The van der Waals surface area contributed by atoms with Gasteiger partial charge >= 0.3 is 5.69 Å². The van der Waals surface area contributed by atoms with E-state index in [-0.39, 0.29) is 5.69 Å². The number of fused-ring (bicyclic) bond motifs is 3. The van der Waals surface area contributed by atoms with Crippen molar-refractivity contribution < 1.29 is 4.39 Å². The average Bonchev–Trinajstić information content (AvgIpc) is 3.04. The predicted molar refractivity (Wildman–Crippen MR) is 117 cm³/mol. The number of halogens is 1. The fraction of sp³-hybridized carbons (Fsp3) is 0.136. The van der Waals surface area contributed by atoms with Crippen molar-refractivity contribution in [1.29, 1.82) is 0 Å². The summed E-state index contributed by atoms with van der Waals surface area (Å²) < 4.78 is 16.7. The van der Waals surface area contributed by atoms with Crippen molar-refractivity contribution in [3.05, 3.63) is 71.0 Å². The number of hydrogen-bond donors (Lipinski definition) is 1. The van der Waals surface area contributed by atoms with Gasteiger partial charge in [-0.05, 0) is 36.2 Å². The number of aromatic nitrogens is 6. The van der Waals surface area contributed by atoms with E-state index < -0.39 is 5.95 Å². The molecule has 0 atom stereocenters. The maximum atomic E-state index is 13.6. The number of aryl methyl sites for hydroxylation is 2. The van der Waals surface area contributed by atoms with Crippen LogP contribution in [0.4, 0.5) is 10.3 Å². The van der Waals surface area contributed by atoms with Gasteiger partial charge in [-0.1, -0.05) is 6.07 Å². The van der Waals surface area contributed by atoms with Crippen LogP contribution in [-0.2, 0) is 7.05 Å². The van der Waals surface area contributed by atoms with Crippen LogP contribution in [-0.4, -0.2) is 36.1 Å². The van der Waals surface area contributed by atoms with Crippen LogP contribution in [0, 0.1) is 12.9 Å². The second-order valence-corrected chi connectivity index (χ2v) is 7.24. The molecule has 9 heteroatoms. The van der Waals surface area contributed by atoms with Crippen molar-refractivity contribution >= 4 is 27.9 Å². The van der Waals surface area contributed by atoms with Gasteiger partial charge in [0, 0.05) is 37.4 Å². The zero-order valence-electron chi connectivity index (χ0n) is 17.1. The summed E-state index contributed by atoms with van der Waals surface area (Å²) in [6, 6.07) is 7.11. The third-order valence-electron chi connectivity index (χ3n) is 5.38. The Kier molecular flexibility index (Phi) is 4.25. The van der Waals surface area contributed by atoms with E-state index in [1.807, 2.05) is 18.2 Å². The molecule has 5 rings (SSSR count). The standard InChI is InChI=1S/C22H18FN7O/c1-12-6-19(23)26-10-17(12)30-20-15-7-13(14-8-27-21(24-2)28-9-14)4-5-16(15)25-11-18(20)29(3)22(30)31/h4-11H,1-3H3,(H,24,27,28). The molecule has 0 aliphatic rings. The number of pyridine rings is 2. The quantitative estimate of drug-likeness (QED) is 0.455. The van der Waals surface area contributed by atoms with Gasteiger partial charge in [0.05, 0.1) is 34.6 Å². The van der Waals surface area contributed by atoms with Crippen LogP contribution in [0.15, 0.2) is 53.8 Å². The van der Waals surface area contributed by atoms with Crippen LogP contribution in [0.1, 0.15) is 5.56 Å². The Morgan fingerprint density at radius 3 is 2.45 bits per heavy atom. The molecule has 0 amide bonds. The third-order valence-corrected chi connectivity index (χ3v) is 5.38. The molecule has 31 heavy (non-hydrogen) atoms. The summed E-state index contributed by atoms with van der Waals surface area (Å²) in [4.78, 5) is 30.0. The summed E-state index contributed by atoms with van der Waals surface area (Å²) in [6.07, 6.45) is 6.53. The number of anilines is 1. The molecule has 0 aliphatic heterocycles. The molecular weight excluding hydrogens is 397 g/mol. The zero-order chi connectivity index (χ0) is 21.7. The molecule has 5 aromatic rings. The Balaban J connectivity index is 1.84. The van der Waals surface area contributed by atoms with Crippen LogP contribution in [0.2, 0.25) is 0 Å². The SMILES string of the molecule is CNc1ncc(-c2ccc3ncc4c(c3c2)n(-c2cnc(F)cc2C)c(=O)n4C)cn1. The first-order valence-corrected chi connectivity index (χ1v) is 9.61. The van der Waals surface area contributed by atoms with E-state index in [0.29, 0.717) is 28.2 Å². The Morgan fingerprint density at radius 2 is 1.74 bits per heavy atom. The molecule has 0 bridgehead atoms. The first-order valence-electron chi connectivity index (χ1n) is 9.61. The topological polar surface area (TPSA) is 90.5 Å². The third kappa shape index (κ3) is 2.93. The summed E-state index contributed by atoms with van der Waals surface area (Å²) in [5.74, 6) is -0.0573. The van der Waals surface area contributed by atoms with Crippen molar-refractivity contribution in [3.63, 3.8) is 0 Å². The lowest BCUT2D eigenvalue weighted by atomic mass is 10.1. The number of imidazole rings is 1. The molecule has 0 saturated heterocycles. The lowest BCUT2D eigenvalue weighted by Gasteiger charge is -2.10. The monoisotopic (exact) mass is 415 g/mol. The van der Waals surface area contributed by atoms with E-state index in [1.165, 1.54) is 16.8 Å². The molecule has 1 aromatic carbocycles. The van der Waals surface area contributed by atoms with Crippen LogP contribution < -0.4 is 11.0 Å². The lowest BCUT2D eigenvalue weighted by Crippen LogP contribution is -2.21. The minimum absolute atomic E-state index is 0.257. The lowest BCUT2D eigenvalue weighted by molar-refractivity contribution is 0.581. The van der Waals surface area contributed by atoms with E-state index in [0.717, 1.165) is 22.0 Å². The number of rotatable bonds is 3. The number of nitrogens with zero attached hydrogens (tertiary/aromatic N) is 6. The molecule has 154 valence electrons. The number of hydrogen-bond acceptors (Lipinski definition) is 6. The van der Waals surface area contributed by atoms with Crippen molar-refractivity contribution in [2.24, 2.45) is 7.05 Å². The zero-order valence-corrected chi connectivity index (χ0v) is 17.1. The van der Waals surface area contributed by atoms with E-state index >= 15 is 0 Å². The molecule has 0 unspecified atom stereocenters. The smallest absolute Gasteiger partial charge is 0.333 e. The van der Waals surface area contributed by atoms with E-state index in [2.05, 4.69) is 25.3 Å². The fourth-order valence-electron chi connectivity index (χ4n) is 3.76. The van der Waals surface area contributed by atoms with Crippen molar-refractivity contribution in [2.75, 3.05) is 12.4 Å². The van der Waals surface area contributed by atoms with Crippen LogP contribution in [0.25, 0.3) is 38.8 Å². The highest BCUT2D eigenvalue weighted by atomic mass is 19.1. The summed E-state index contributed by atoms with van der Waals surface area (Å²) in [5.41, 5.74) is 4.69. The highest BCUT2D eigenvalue weighted by molar-refractivity contribution is 6.04. The van der Waals surface area contributed by atoms with E-state index in [9.17, 15) is 9.18 Å². The molecule has 0 aliphatic carbocycles. The van der Waals surface area contributed by atoms with Gasteiger partial charge in [0.15, 0.2) is 0 Å². The van der Waals surface area contributed by atoms with Crippen LogP contribution in [0.5, 0.6) is 0 Å².